The quantitative estimate of drug-likeness (QED) is 0.402. The summed E-state index contributed by atoms with van der Waals surface area (Å²) in [7, 11) is -1.78. The average molecular weight is 205 g/mol. The highest BCUT2D eigenvalue weighted by Crippen LogP contribution is 2.36. The Kier molecular flexibility index (Phi) is 4.06. The third-order valence-electron chi connectivity index (χ3n) is 2.54. The second-order valence-corrected chi connectivity index (χ2v) is 9.47. The highest BCUT2D eigenvalue weighted by Gasteiger charge is 2.37. The number of nitrogens with zero attached hydrogens (tertiary/aromatic N) is 1. The van der Waals surface area contributed by atoms with Crippen molar-refractivity contribution in [2.45, 2.75) is 38.9 Å². The molecule has 0 aromatic carbocycles. The molecule has 13 heavy (non-hydrogen) atoms. The fourth-order valence-corrected chi connectivity index (χ4v) is 1.63. The standard InChI is InChI=1S/C8H19NO3Si/c1-8(2,3)13(4,5)12-7-6-9(10)11/h6-7H2,1-5H3. The first kappa shape index (κ1) is 12.6. The molecule has 0 amide bonds. The first-order valence-electron chi connectivity index (χ1n) is 4.42. The van der Waals surface area contributed by atoms with E-state index in [0.29, 0.717) is 0 Å². The van der Waals surface area contributed by atoms with Gasteiger partial charge in [0, 0.05) is 4.92 Å². The Hall–Kier alpha value is -0.423. The van der Waals surface area contributed by atoms with Crippen LogP contribution in [0.3, 0.4) is 0 Å². The first-order chi connectivity index (χ1) is 5.67. The van der Waals surface area contributed by atoms with Crippen molar-refractivity contribution in [2.75, 3.05) is 13.2 Å². The van der Waals surface area contributed by atoms with E-state index >= 15 is 0 Å². The van der Waals surface area contributed by atoms with E-state index in [4.69, 9.17) is 4.43 Å². The first-order valence-corrected chi connectivity index (χ1v) is 7.33. The molecule has 0 atom stereocenters. The molecule has 0 aliphatic carbocycles. The fourth-order valence-electron chi connectivity index (χ4n) is 0.592. The van der Waals surface area contributed by atoms with Crippen molar-refractivity contribution < 1.29 is 9.35 Å². The summed E-state index contributed by atoms with van der Waals surface area (Å²) in [5, 5.41) is 10.2. The van der Waals surface area contributed by atoms with E-state index in [1.807, 2.05) is 0 Å². The summed E-state index contributed by atoms with van der Waals surface area (Å²) in [6.45, 7) is 10.7. The monoisotopic (exact) mass is 205 g/mol. The predicted octanol–water partition coefficient (Wildman–Crippen LogP) is 2.28. The van der Waals surface area contributed by atoms with Crippen LogP contribution in [0.15, 0.2) is 0 Å². The van der Waals surface area contributed by atoms with Crippen LogP contribution in [0.25, 0.3) is 0 Å². The van der Waals surface area contributed by atoms with Gasteiger partial charge in [-0.1, -0.05) is 20.8 Å². The van der Waals surface area contributed by atoms with Crippen LogP contribution in [0.4, 0.5) is 0 Å². The fraction of sp³-hybridized carbons (Fsp3) is 1.00. The summed E-state index contributed by atoms with van der Waals surface area (Å²) in [6.07, 6.45) is 0. The van der Waals surface area contributed by atoms with E-state index in [0.717, 1.165) is 0 Å². The van der Waals surface area contributed by atoms with Crippen molar-refractivity contribution in [1.29, 1.82) is 0 Å². The van der Waals surface area contributed by atoms with E-state index in [1.165, 1.54) is 0 Å². The molecule has 4 nitrogen and oxygen atoms in total. The Bertz CT molecular complexity index is 186. The summed E-state index contributed by atoms with van der Waals surface area (Å²) >= 11 is 0. The molecule has 5 heteroatoms. The van der Waals surface area contributed by atoms with Crippen LogP contribution in [0.5, 0.6) is 0 Å². The second-order valence-electron chi connectivity index (χ2n) is 4.67. The van der Waals surface area contributed by atoms with Gasteiger partial charge >= 0.3 is 0 Å². The Labute approximate surface area is 80.6 Å². The molecule has 0 bridgehead atoms. The normalized spacial score (nSPS) is 13.0. The second kappa shape index (κ2) is 4.19. The van der Waals surface area contributed by atoms with Crippen LogP contribution in [0.2, 0.25) is 18.1 Å². The SMILES string of the molecule is CC(C)(C)[Si](C)(C)OCC[N+](=O)[O-]. The van der Waals surface area contributed by atoms with Crippen LogP contribution >= 0.6 is 0 Å². The lowest BCUT2D eigenvalue weighted by Gasteiger charge is -2.35. The lowest BCUT2D eigenvalue weighted by atomic mass is 10.2. The minimum Gasteiger partial charge on any atom is -0.410 e. The minimum absolute atomic E-state index is 0.0908. The van der Waals surface area contributed by atoms with Gasteiger partial charge in [-0.25, -0.2) is 0 Å². The molecular weight excluding hydrogens is 186 g/mol. The van der Waals surface area contributed by atoms with E-state index in [1.54, 1.807) is 0 Å². The molecule has 0 aliphatic heterocycles. The van der Waals surface area contributed by atoms with Gasteiger partial charge in [-0.15, -0.1) is 0 Å². The molecule has 0 aliphatic rings. The summed E-state index contributed by atoms with van der Waals surface area (Å²) in [5.74, 6) is 0. The number of hydrogen-bond donors (Lipinski definition) is 0. The van der Waals surface area contributed by atoms with Crippen molar-refractivity contribution in [3.63, 3.8) is 0 Å². The van der Waals surface area contributed by atoms with Gasteiger partial charge in [0.05, 0.1) is 6.61 Å². The molecular formula is C8H19NO3Si. The summed E-state index contributed by atoms with van der Waals surface area (Å²) in [5.41, 5.74) is 0. The molecule has 0 rings (SSSR count). The Morgan fingerprint density at radius 2 is 1.85 bits per heavy atom. The van der Waals surface area contributed by atoms with Crippen LogP contribution in [0.1, 0.15) is 20.8 Å². The van der Waals surface area contributed by atoms with E-state index in [9.17, 15) is 10.1 Å². The smallest absolute Gasteiger partial charge is 0.225 e. The Morgan fingerprint density at radius 1 is 1.38 bits per heavy atom. The molecule has 0 unspecified atom stereocenters. The molecule has 0 aromatic rings. The predicted molar refractivity (Wildman–Crippen MR) is 55.0 cm³/mol. The largest absolute Gasteiger partial charge is 0.410 e. The van der Waals surface area contributed by atoms with Crippen molar-refractivity contribution in [2.24, 2.45) is 0 Å². The molecule has 0 heterocycles. The van der Waals surface area contributed by atoms with Crippen LogP contribution in [-0.4, -0.2) is 26.4 Å². The summed E-state index contributed by atoms with van der Waals surface area (Å²) < 4.78 is 5.60. The van der Waals surface area contributed by atoms with Crippen molar-refractivity contribution >= 4 is 8.32 Å². The van der Waals surface area contributed by atoms with Gasteiger partial charge < -0.3 is 4.43 Å². The lowest BCUT2D eigenvalue weighted by molar-refractivity contribution is -0.482. The molecule has 0 N–H and O–H groups in total. The molecule has 78 valence electrons. The van der Waals surface area contributed by atoms with E-state index < -0.39 is 8.32 Å². The van der Waals surface area contributed by atoms with Gasteiger partial charge in [0.2, 0.25) is 6.54 Å². The zero-order valence-electron chi connectivity index (χ0n) is 9.09. The van der Waals surface area contributed by atoms with Gasteiger partial charge in [-0.05, 0) is 18.1 Å². The molecule has 0 spiro atoms. The molecule has 0 radical (unpaired) electrons. The maximum absolute atomic E-state index is 10.1. The highest BCUT2D eigenvalue weighted by molar-refractivity contribution is 6.74. The third-order valence-corrected chi connectivity index (χ3v) is 7.08. The van der Waals surface area contributed by atoms with E-state index in [2.05, 4.69) is 33.9 Å². The van der Waals surface area contributed by atoms with Crippen LogP contribution < -0.4 is 0 Å². The van der Waals surface area contributed by atoms with Gasteiger partial charge in [0.1, 0.15) is 0 Å². The summed E-state index contributed by atoms with van der Waals surface area (Å²) in [6, 6.07) is 0. The van der Waals surface area contributed by atoms with Gasteiger partial charge in [-0.2, -0.15) is 0 Å². The van der Waals surface area contributed by atoms with Crippen molar-refractivity contribution in [3.05, 3.63) is 10.1 Å². The highest BCUT2D eigenvalue weighted by atomic mass is 28.4. The molecule has 0 fully saturated rings. The number of nitro groups is 1. The minimum atomic E-state index is -1.78. The summed E-state index contributed by atoms with van der Waals surface area (Å²) in [4.78, 5) is 9.74. The zero-order valence-corrected chi connectivity index (χ0v) is 10.1. The zero-order chi connectivity index (χ0) is 10.7. The maximum atomic E-state index is 10.1. The number of hydrogen-bond acceptors (Lipinski definition) is 3. The van der Waals surface area contributed by atoms with Gasteiger partial charge in [0.25, 0.3) is 0 Å². The van der Waals surface area contributed by atoms with Gasteiger partial charge in [0.15, 0.2) is 8.32 Å². The number of rotatable bonds is 4. The van der Waals surface area contributed by atoms with Crippen molar-refractivity contribution in [3.8, 4) is 0 Å². The topological polar surface area (TPSA) is 52.4 Å². The lowest BCUT2D eigenvalue weighted by Crippen LogP contribution is -2.41. The Balaban J connectivity index is 3.97. The van der Waals surface area contributed by atoms with Crippen LogP contribution in [-0.2, 0) is 4.43 Å². The molecule has 0 aromatic heterocycles. The average Bonchev–Trinajstić information content (AvgIpc) is 1.82. The molecule has 0 saturated heterocycles. The molecule has 0 saturated carbocycles. The maximum Gasteiger partial charge on any atom is 0.225 e. The van der Waals surface area contributed by atoms with Crippen molar-refractivity contribution in [1.82, 2.24) is 0 Å². The van der Waals surface area contributed by atoms with E-state index in [-0.39, 0.29) is 23.1 Å². The van der Waals surface area contributed by atoms with Gasteiger partial charge in [-0.3, -0.25) is 10.1 Å². The Morgan fingerprint density at radius 3 is 2.15 bits per heavy atom. The van der Waals surface area contributed by atoms with Crippen LogP contribution in [0, 0.1) is 10.1 Å². The third kappa shape index (κ3) is 4.38.